The van der Waals surface area contributed by atoms with E-state index in [1.807, 2.05) is 46.8 Å². The van der Waals surface area contributed by atoms with Crippen molar-refractivity contribution in [3.05, 3.63) is 35.4 Å². The molecule has 410 valence electrons. The number of nitrogens with zero attached hydrogens (tertiary/aromatic N) is 1. The lowest BCUT2D eigenvalue weighted by Crippen LogP contribution is -2.65. The molecule has 0 aromatic heterocycles. The molecule has 1 unspecified atom stereocenters. The number of rotatable bonds is 26. The molecule has 18 nitrogen and oxygen atoms in total. The van der Waals surface area contributed by atoms with Crippen molar-refractivity contribution in [2.24, 2.45) is 23.2 Å². The smallest absolute Gasteiger partial charge is 0.404 e. The highest BCUT2D eigenvalue weighted by atomic mass is 16.7. The summed E-state index contributed by atoms with van der Waals surface area (Å²) in [6.07, 6.45) is 6.95. The summed E-state index contributed by atoms with van der Waals surface area (Å²) in [6, 6.07) is 1.61. The van der Waals surface area contributed by atoms with E-state index in [9.17, 15) is 33.6 Å². The SMILES string of the molecule is CCCCCCc1ccc(C(=O)N[C@H](COC(C)(C)C)C(=O)N[C@H](C)C(=O)NCC(=O)N(C)[C@H](C(=O)N[C@@H](C)C(=O)N[C@@H](CC(C)C)C(=O)NCB2O[C@@H]3C[C@@H]4C[C@@H](C4(C)C)[C@]3(C)O2)C(C)OC(C)(C)C)cc1. The van der Waals surface area contributed by atoms with Crippen molar-refractivity contribution in [1.82, 2.24) is 36.8 Å². The highest BCUT2D eigenvalue weighted by Crippen LogP contribution is 2.65. The molecule has 2 bridgehead atoms. The van der Waals surface area contributed by atoms with Crippen LogP contribution in [0.25, 0.3) is 0 Å². The van der Waals surface area contributed by atoms with Gasteiger partial charge in [-0.05, 0) is 142 Å². The monoisotopic (exact) mass is 1020 g/mol. The molecule has 4 aliphatic rings. The van der Waals surface area contributed by atoms with E-state index in [0.717, 1.165) is 49.0 Å². The second kappa shape index (κ2) is 25.8. The van der Waals surface area contributed by atoms with Crippen molar-refractivity contribution >= 4 is 48.5 Å². The summed E-state index contributed by atoms with van der Waals surface area (Å²) in [4.78, 5) is 96.7. The van der Waals surface area contributed by atoms with Crippen molar-refractivity contribution in [3.8, 4) is 0 Å². The zero-order chi connectivity index (χ0) is 54.8. The third kappa shape index (κ3) is 17.2. The molecule has 10 atom stereocenters. The maximum absolute atomic E-state index is 14.1. The van der Waals surface area contributed by atoms with Crippen molar-refractivity contribution in [3.63, 3.8) is 0 Å². The van der Waals surface area contributed by atoms with Crippen LogP contribution in [0.3, 0.4) is 0 Å². The van der Waals surface area contributed by atoms with Crippen LogP contribution in [0, 0.1) is 23.2 Å². The molecule has 1 heterocycles. The fraction of sp³-hybridized carbons (Fsp3) is 0.759. The molecule has 1 aromatic carbocycles. The molecule has 19 heteroatoms. The number of hydrogen-bond acceptors (Lipinski definition) is 11. The van der Waals surface area contributed by atoms with Gasteiger partial charge in [-0.25, -0.2) is 0 Å². The van der Waals surface area contributed by atoms with Gasteiger partial charge in [-0.1, -0.05) is 66.0 Å². The normalized spacial score (nSPS) is 22.5. The van der Waals surface area contributed by atoms with Crippen LogP contribution < -0.4 is 31.9 Å². The Balaban J connectivity index is 1.34. The fourth-order valence-corrected chi connectivity index (χ4v) is 10.3. The summed E-state index contributed by atoms with van der Waals surface area (Å²) in [5, 5.41) is 16.3. The second-order valence-electron chi connectivity index (χ2n) is 23.9. The van der Waals surface area contributed by atoms with Crippen molar-refractivity contribution in [2.45, 2.75) is 214 Å². The van der Waals surface area contributed by atoms with Gasteiger partial charge in [0.2, 0.25) is 35.4 Å². The second-order valence-corrected chi connectivity index (χ2v) is 23.9. The third-order valence-corrected chi connectivity index (χ3v) is 14.6. The molecule has 3 aliphatic carbocycles. The molecule has 1 aliphatic heterocycles. The van der Waals surface area contributed by atoms with Gasteiger partial charge in [0.15, 0.2) is 0 Å². The Morgan fingerprint density at radius 2 is 1.38 bits per heavy atom. The van der Waals surface area contributed by atoms with Crippen LogP contribution in [-0.4, -0.2) is 139 Å². The van der Waals surface area contributed by atoms with Crippen LogP contribution in [0.5, 0.6) is 0 Å². The zero-order valence-electron chi connectivity index (χ0n) is 46.9. The summed E-state index contributed by atoms with van der Waals surface area (Å²) < 4.78 is 24.8. The van der Waals surface area contributed by atoms with Crippen LogP contribution in [0.1, 0.15) is 165 Å². The summed E-state index contributed by atoms with van der Waals surface area (Å²) in [6.45, 7) is 27.4. The molecule has 1 aromatic rings. The van der Waals surface area contributed by atoms with Crippen molar-refractivity contribution < 1.29 is 52.3 Å². The van der Waals surface area contributed by atoms with Gasteiger partial charge in [0.1, 0.15) is 30.2 Å². The van der Waals surface area contributed by atoms with Gasteiger partial charge in [-0.2, -0.15) is 0 Å². The molecular formula is C54H90BN7O11. The largest absolute Gasteiger partial charge is 0.478 e. The number of aryl methyl sites for hydroxylation is 1. The Morgan fingerprint density at radius 3 is 1.97 bits per heavy atom. The highest BCUT2D eigenvalue weighted by molar-refractivity contribution is 6.46. The van der Waals surface area contributed by atoms with Crippen LogP contribution in [-0.2, 0) is 54.0 Å². The number of hydrogen-bond donors (Lipinski definition) is 6. The van der Waals surface area contributed by atoms with Crippen LogP contribution >= 0.6 is 0 Å². The molecule has 0 radical (unpaired) electrons. The quantitative estimate of drug-likeness (QED) is 0.0546. The zero-order valence-corrected chi connectivity index (χ0v) is 46.9. The number of nitrogens with one attached hydrogen (secondary N) is 6. The number of carbonyl (C=O) groups is 7. The standard InChI is InChI=1S/C54H90BN7O11/c1-17-18-19-20-21-36-22-24-37(25-23-36)47(66)61-40(30-70-51(7,8)9)49(68)58-33(4)45(64)56-29-43(63)62(16)44(35(6)71-52(10,11)12)50(69)59-34(5)46(65)60-39(26-32(2)3)48(67)57-31-55-72-42-28-38-27-41(53(38,13)14)54(42,15)73-55/h22-25,32-35,38-42,44H,17-21,26-31H2,1-16H3,(H,56,64)(H,57,67)(H,58,68)(H,59,69)(H,60,65)(H,61,66)/t33-,34+,35?,38+,39+,40-,41+,42-,44+,54+/m1/s1. The van der Waals surface area contributed by atoms with Gasteiger partial charge < -0.3 is 55.6 Å². The number of amides is 7. The van der Waals surface area contributed by atoms with E-state index >= 15 is 0 Å². The Bertz CT molecular complexity index is 2070. The predicted octanol–water partition coefficient (Wildman–Crippen LogP) is 4.79. The van der Waals surface area contributed by atoms with Gasteiger partial charge >= 0.3 is 7.12 Å². The van der Waals surface area contributed by atoms with Gasteiger partial charge in [0.05, 0.1) is 48.6 Å². The van der Waals surface area contributed by atoms with E-state index in [4.69, 9.17) is 18.8 Å². The first kappa shape index (κ1) is 61.0. The lowest BCUT2D eigenvalue weighted by molar-refractivity contribution is -0.199. The van der Waals surface area contributed by atoms with Gasteiger partial charge in [-0.15, -0.1) is 0 Å². The minimum Gasteiger partial charge on any atom is -0.404 e. The number of unbranched alkanes of at least 4 members (excludes halogenated alkanes) is 3. The Hall–Kier alpha value is -4.59. The van der Waals surface area contributed by atoms with Crippen LogP contribution in [0.4, 0.5) is 0 Å². The Morgan fingerprint density at radius 1 is 0.753 bits per heavy atom. The molecule has 3 saturated carbocycles. The highest BCUT2D eigenvalue weighted by Gasteiger charge is 2.67. The number of likely N-dealkylation sites (N-methyl/N-ethyl adjacent to an activating group) is 1. The number of benzene rings is 1. The summed E-state index contributed by atoms with van der Waals surface area (Å²) in [5.74, 6) is -3.26. The molecule has 5 rings (SSSR count). The first-order chi connectivity index (χ1) is 33.9. The van der Waals surface area contributed by atoms with E-state index in [-0.39, 0.29) is 30.5 Å². The van der Waals surface area contributed by atoms with Crippen molar-refractivity contribution in [1.29, 1.82) is 0 Å². The van der Waals surface area contributed by atoms with E-state index in [1.54, 1.807) is 39.8 Å². The minimum absolute atomic E-state index is 0.0334. The summed E-state index contributed by atoms with van der Waals surface area (Å²) in [7, 11) is 0.770. The van der Waals surface area contributed by atoms with Crippen molar-refractivity contribution in [2.75, 3.05) is 26.6 Å². The molecule has 1 saturated heterocycles. The Kier molecular flexibility index (Phi) is 21.5. The average molecular weight is 1020 g/mol. The molecule has 0 spiro atoms. The summed E-state index contributed by atoms with van der Waals surface area (Å²) in [5.41, 5.74) is -0.148. The molecule has 4 fully saturated rings. The van der Waals surface area contributed by atoms with E-state index in [0.29, 0.717) is 23.8 Å². The fourth-order valence-electron chi connectivity index (χ4n) is 10.3. The molecule has 6 N–H and O–H groups in total. The topological polar surface area (TPSA) is 232 Å². The first-order valence-corrected chi connectivity index (χ1v) is 26.6. The number of carbonyl (C=O) groups excluding carboxylic acids is 7. The lowest BCUT2D eigenvalue weighted by atomic mass is 9.43. The molecule has 73 heavy (non-hydrogen) atoms. The van der Waals surface area contributed by atoms with E-state index in [1.165, 1.54) is 27.3 Å². The third-order valence-electron chi connectivity index (χ3n) is 14.6. The van der Waals surface area contributed by atoms with E-state index in [2.05, 4.69) is 59.6 Å². The maximum Gasteiger partial charge on any atom is 0.478 e. The molecule has 7 amide bonds. The Labute approximate surface area is 435 Å². The summed E-state index contributed by atoms with van der Waals surface area (Å²) >= 11 is 0. The van der Waals surface area contributed by atoms with E-state index < -0.39 is 108 Å². The van der Waals surface area contributed by atoms with Crippen LogP contribution in [0.2, 0.25) is 0 Å². The van der Waals surface area contributed by atoms with Crippen LogP contribution in [0.15, 0.2) is 24.3 Å². The molecular weight excluding hydrogens is 933 g/mol. The average Bonchev–Trinajstić information content (AvgIpc) is 3.64. The van der Waals surface area contributed by atoms with Gasteiger partial charge in [-0.3, -0.25) is 33.6 Å². The first-order valence-electron chi connectivity index (χ1n) is 26.6. The van der Waals surface area contributed by atoms with Gasteiger partial charge in [0.25, 0.3) is 5.91 Å². The predicted molar refractivity (Wildman–Crippen MR) is 281 cm³/mol. The minimum atomic E-state index is -1.27. The van der Waals surface area contributed by atoms with Gasteiger partial charge in [0, 0.05) is 12.6 Å². The lowest BCUT2D eigenvalue weighted by Gasteiger charge is -2.64. The number of ether oxygens (including phenoxy) is 2. The maximum atomic E-state index is 14.1.